The average molecular weight is 390 g/mol. The molecule has 0 radical (unpaired) electrons. The molecule has 0 aliphatic heterocycles. The summed E-state index contributed by atoms with van der Waals surface area (Å²) in [5, 5.41) is 0. The molecule has 0 saturated heterocycles. The minimum absolute atomic E-state index is 0.122. The molecule has 2 aromatic rings. The Morgan fingerprint density at radius 2 is 1.37 bits per heavy atom. The van der Waals surface area contributed by atoms with E-state index in [0.717, 1.165) is 25.0 Å². The van der Waals surface area contributed by atoms with E-state index < -0.39 is 35.0 Å². The van der Waals surface area contributed by atoms with Crippen molar-refractivity contribution in [2.24, 2.45) is 0 Å². The summed E-state index contributed by atoms with van der Waals surface area (Å²) >= 11 is 0. The molecule has 0 atom stereocenters. The maximum atomic E-state index is 14.1. The first-order valence-electron chi connectivity index (χ1n) is 8.33. The zero-order valence-electron chi connectivity index (χ0n) is 14.4. The zero-order valence-corrected chi connectivity index (χ0v) is 14.4. The van der Waals surface area contributed by atoms with Crippen LogP contribution in [0.5, 0.6) is 0 Å². The van der Waals surface area contributed by atoms with Gasteiger partial charge in [0.05, 0.1) is 0 Å². The number of allylic oxidation sites excluding steroid dienone is 1. The molecular formula is C20H17F7. The molecule has 0 aliphatic rings. The zero-order chi connectivity index (χ0) is 20.2. The van der Waals surface area contributed by atoms with Crippen molar-refractivity contribution >= 4 is 6.08 Å². The van der Waals surface area contributed by atoms with Crippen LogP contribution in [-0.4, -0.2) is 0 Å². The van der Waals surface area contributed by atoms with Gasteiger partial charge in [0.25, 0.3) is 0 Å². The van der Waals surface area contributed by atoms with Gasteiger partial charge in [0, 0.05) is 5.56 Å². The van der Waals surface area contributed by atoms with Crippen molar-refractivity contribution in [2.75, 3.05) is 0 Å². The first-order valence-corrected chi connectivity index (χ1v) is 8.33. The molecule has 0 bridgehead atoms. The molecule has 7 heteroatoms. The van der Waals surface area contributed by atoms with Gasteiger partial charge in [0.15, 0.2) is 0 Å². The molecule has 0 fully saturated rings. The summed E-state index contributed by atoms with van der Waals surface area (Å²) < 4.78 is 93.1. The fourth-order valence-electron chi connectivity index (χ4n) is 2.65. The van der Waals surface area contributed by atoms with Crippen LogP contribution in [0.25, 0.3) is 6.08 Å². The second kappa shape index (κ2) is 8.59. The van der Waals surface area contributed by atoms with Crippen molar-refractivity contribution < 1.29 is 30.7 Å². The highest BCUT2D eigenvalue weighted by Gasteiger charge is 2.37. The molecule has 0 aliphatic carbocycles. The van der Waals surface area contributed by atoms with Crippen molar-refractivity contribution in [1.29, 1.82) is 0 Å². The van der Waals surface area contributed by atoms with Gasteiger partial charge in [0.2, 0.25) is 0 Å². The van der Waals surface area contributed by atoms with Crippen molar-refractivity contribution in [3.8, 4) is 0 Å². The lowest BCUT2D eigenvalue weighted by molar-refractivity contribution is -0.142. The van der Waals surface area contributed by atoms with E-state index >= 15 is 0 Å². The number of rotatable bonds is 6. The summed E-state index contributed by atoms with van der Waals surface area (Å²) in [4.78, 5) is 0. The van der Waals surface area contributed by atoms with Crippen molar-refractivity contribution in [3.05, 3.63) is 75.9 Å². The van der Waals surface area contributed by atoms with Gasteiger partial charge >= 0.3 is 6.18 Å². The largest absolute Gasteiger partial charge is 0.422 e. The third-order valence-electron chi connectivity index (χ3n) is 3.98. The van der Waals surface area contributed by atoms with Gasteiger partial charge in [-0.3, -0.25) is 0 Å². The van der Waals surface area contributed by atoms with Gasteiger partial charge in [-0.05, 0) is 54.7 Å². The Balaban J connectivity index is 2.20. The summed E-state index contributed by atoms with van der Waals surface area (Å²) in [6.07, 6.45) is -0.616. The number of hydrogen-bond acceptors (Lipinski definition) is 0. The summed E-state index contributed by atoms with van der Waals surface area (Å²) in [6.45, 7) is 1.96. The molecule has 0 aromatic heterocycles. The summed E-state index contributed by atoms with van der Waals surface area (Å²) in [5.41, 5.74) is -2.05. The quantitative estimate of drug-likeness (QED) is 0.473. The minimum Gasteiger partial charge on any atom is -0.207 e. The van der Waals surface area contributed by atoms with E-state index in [0.29, 0.717) is 17.7 Å². The third-order valence-corrected chi connectivity index (χ3v) is 3.98. The molecule has 146 valence electrons. The molecule has 27 heavy (non-hydrogen) atoms. The van der Waals surface area contributed by atoms with Gasteiger partial charge in [-0.25, -0.2) is 17.6 Å². The van der Waals surface area contributed by atoms with Crippen LogP contribution >= 0.6 is 0 Å². The van der Waals surface area contributed by atoms with Crippen LogP contribution in [-0.2, 0) is 19.0 Å². The van der Waals surface area contributed by atoms with Crippen LogP contribution in [0.4, 0.5) is 30.7 Å². The van der Waals surface area contributed by atoms with Crippen molar-refractivity contribution in [2.45, 2.75) is 38.8 Å². The van der Waals surface area contributed by atoms with Gasteiger partial charge in [-0.2, -0.15) is 13.2 Å². The lowest BCUT2D eigenvalue weighted by Gasteiger charge is -2.11. The highest BCUT2D eigenvalue weighted by atomic mass is 19.4. The molecule has 0 nitrogen and oxygen atoms in total. The Bertz CT molecular complexity index is 789. The summed E-state index contributed by atoms with van der Waals surface area (Å²) in [7, 11) is 0. The van der Waals surface area contributed by atoms with E-state index in [1.165, 1.54) is 0 Å². The van der Waals surface area contributed by atoms with Crippen molar-refractivity contribution in [1.82, 2.24) is 0 Å². The predicted molar refractivity (Wildman–Crippen MR) is 89.1 cm³/mol. The first kappa shape index (κ1) is 21.0. The standard InChI is InChI=1S/C20H17F7/c1-2-3-4-5-12-8-15(21)14(16(22)9-12)7-6-13-10-17(23)19(18(24)11-13)20(25,26)27/h4-5,8-11H,2-3,6-7H2,1H3/b5-4+. The third kappa shape index (κ3) is 5.34. The van der Waals surface area contributed by atoms with E-state index in [9.17, 15) is 30.7 Å². The lowest BCUT2D eigenvalue weighted by atomic mass is 10.00. The Morgan fingerprint density at radius 1 is 0.815 bits per heavy atom. The van der Waals surface area contributed by atoms with Gasteiger partial charge in [-0.1, -0.05) is 25.5 Å². The van der Waals surface area contributed by atoms with E-state index in [4.69, 9.17) is 0 Å². The van der Waals surface area contributed by atoms with E-state index in [1.54, 1.807) is 12.2 Å². The Kier molecular flexibility index (Phi) is 6.68. The molecular weight excluding hydrogens is 373 g/mol. The number of aryl methyl sites for hydroxylation is 1. The molecule has 0 spiro atoms. The fraction of sp³-hybridized carbons (Fsp3) is 0.300. The first-order chi connectivity index (χ1) is 12.6. The van der Waals surface area contributed by atoms with Crippen LogP contribution < -0.4 is 0 Å². The van der Waals surface area contributed by atoms with Crippen LogP contribution in [0, 0.1) is 23.3 Å². The van der Waals surface area contributed by atoms with Gasteiger partial charge in [0.1, 0.15) is 28.8 Å². The highest BCUT2D eigenvalue weighted by Crippen LogP contribution is 2.34. The molecule has 0 unspecified atom stereocenters. The summed E-state index contributed by atoms with van der Waals surface area (Å²) in [5.74, 6) is -5.15. The van der Waals surface area contributed by atoms with Crippen LogP contribution in [0.15, 0.2) is 30.3 Å². The van der Waals surface area contributed by atoms with Gasteiger partial charge in [-0.15, -0.1) is 0 Å². The van der Waals surface area contributed by atoms with E-state index in [1.807, 2.05) is 6.92 Å². The van der Waals surface area contributed by atoms with E-state index in [2.05, 4.69) is 0 Å². The number of hydrogen-bond donors (Lipinski definition) is 0. The number of alkyl halides is 3. The van der Waals surface area contributed by atoms with Gasteiger partial charge < -0.3 is 0 Å². The van der Waals surface area contributed by atoms with E-state index in [-0.39, 0.29) is 24.0 Å². The second-order valence-corrected chi connectivity index (χ2v) is 6.09. The molecule has 0 amide bonds. The Morgan fingerprint density at radius 3 is 1.85 bits per heavy atom. The van der Waals surface area contributed by atoms with Crippen molar-refractivity contribution in [3.63, 3.8) is 0 Å². The van der Waals surface area contributed by atoms with Crippen LogP contribution in [0.2, 0.25) is 0 Å². The molecule has 2 aromatic carbocycles. The molecule has 0 saturated carbocycles. The molecule has 0 N–H and O–H groups in total. The summed E-state index contributed by atoms with van der Waals surface area (Å²) in [6, 6.07) is 3.34. The predicted octanol–water partition coefficient (Wildman–Crippen LogP) is 6.86. The number of halogens is 7. The fourth-order valence-corrected chi connectivity index (χ4v) is 2.65. The Hall–Kier alpha value is -2.31. The maximum Gasteiger partial charge on any atom is 0.422 e. The molecule has 2 rings (SSSR count). The van der Waals surface area contributed by atoms with Crippen LogP contribution in [0.3, 0.4) is 0 Å². The van der Waals surface area contributed by atoms with Crippen LogP contribution in [0.1, 0.15) is 42.0 Å². The Labute approximate surface area is 152 Å². The lowest BCUT2D eigenvalue weighted by Crippen LogP contribution is -2.12. The highest BCUT2D eigenvalue weighted by molar-refractivity contribution is 5.50. The topological polar surface area (TPSA) is 0 Å². The second-order valence-electron chi connectivity index (χ2n) is 6.09. The normalized spacial score (nSPS) is 12.1. The monoisotopic (exact) mass is 390 g/mol. The number of unbranched alkanes of at least 4 members (excludes halogenated alkanes) is 1. The maximum absolute atomic E-state index is 14.1. The number of benzene rings is 2. The molecule has 0 heterocycles. The smallest absolute Gasteiger partial charge is 0.207 e. The SMILES string of the molecule is CCC/C=C/c1cc(F)c(CCc2cc(F)c(C(F)(F)F)c(F)c2)c(F)c1. The average Bonchev–Trinajstić information content (AvgIpc) is 2.52. The minimum atomic E-state index is -5.16.